The molecule has 0 spiro atoms. The minimum absolute atomic E-state index is 0.152. The second kappa shape index (κ2) is 11.5. The van der Waals surface area contributed by atoms with Crippen molar-refractivity contribution in [2.45, 2.75) is 36.8 Å². The summed E-state index contributed by atoms with van der Waals surface area (Å²) >= 11 is 0. The molecule has 1 saturated heterocycles. The molecule has 2 aromatic carbocycles. The van der Waals surface area contributed by atoms with Gasteiger partial charge < -0.3 is 9.42 Å². The highest BCUT2D eigenvalue weighted by atomic mass is 32.2. The second-order valence-electron chi connectivity index (χ2n) is 9.72. The number of rotatable bonds is 10. The predicted molar refractivity (Wildman–Crippen MR) is 142 cm³/mol. The summed E-state index contributed by atoms with van der Waals surface area (Å²) in [5, 5.41) is 8.33. The average molecular weight is 575 g/mol. The summed E-state index contributed by atoms with van der Waals surface area (Å²) in [6.45, 7) is 3.04. The molecule has 4 aromatic rings. The molecule has 0 saturated carbocycles. The van der Waals surface area contributed by atoms with Gasteiger partial charge in [-0.05, 0) is 80.7 Å². The summed E-state index contributed by atoms with van der Waals surface area (Å²) in [6.07, 6.45) is 0.512. The van der Waals surface area contributed by atoms with E-state index in [1.54, 1.807) is 30.1 Å². The lowest BCUT2D eigenvalue weighted by Crippen LogP contribution is -2.33. The van der Waals surface area contributed by atoms with Crippen molar-refractivity contribution in [1.82, 2.24) is 29.5 Å². The zero-order chi connectivity index (χ0) is 28.3. The first-order valence-electron chi connectivity index (χ1n) is 12.9. The zero-order valence-corrected chi connectivity index (χ0v) is 22.7. The van der Waals surface area contributed by atoms with Crippen LogP contribution in [0.15, 0.2) is 64.1 Å². The van der Waals surface area contributed by atoms with Crippen molar-refractivity contribution in [2.75, 3.05) is 26.2 Å². The summed E-state index contributed by atoms with van der Waals surface area (Å²) in [6, 6.07) is 11.3. The number of benzene rings is 2. The number of alkyl halides is 3. The highest BCUT2D eigenvalue weighted by Gasteiger charge is 2.30. The van der Waals surface area contributed by atoms with E-state index in [0.717, 1.165) is 49.3 Å². The van der Waals surface area contributed by atoms with Gasteiger partial charge in [0.05, 0.1) is 27.9 Å². The van der Waals surface area contributed by atoms with Gasteiger partial charge in [0.1, 0.15) is 0 Å². The maximum atomic E-state index is 12.8. The molecule has 1 aliphatic rings. The highest BCUT2D eigenvalue weighted by Crippen LogP contribution is 2.30. The Bertz CT molecular complexity index is 1540. The van der Waals surface area contributed by atoms with E-state index in [2.05, 4.69) is 24.9 Å². The molecule has 1 fully saturated rings. The molecule has 0 amide bonds. The van der Waals surface area contributed by atoms with Crippen LogP contribution in [0.4, 0.5) is 13.2 Å². The van der Waals surface area contributed by atoms with Crippen LogP contribution < -0.4 is 4.72 Å². The Balaban J connectivity index is 1.24. The molecule has 1 aliphatic heterocycles. The van der Waals surface area contributed by atoms with Crippen molar-refractivity contribution in [3.63, 3.8) is 0 Å². The molecule has 1 N–H and O–H groups in total. The van der Waals surface area contributed by atoms with E-state index >= 15 is 0 Å². The Hall–Kier alpha value is -3.55. The number of likely N-dealkylation sites (tertiary alicyclic amines) is 1. The third-order valence-corrected chi connectivity index (χ3v) is 8.47. The molecule has 0 unspecified atom stereocenters. The molecular formula is C27H29F3N6O3S. The van der Waals surface area contributed by atoms with E-state index in [1.807, 2.05) is 0 Å². The fraction of sp³-hybridized carbons (Fsp3) is 0.370. The lowest BCUT2D eigenvalue weighted by molar-refractivity contribution is -0.137. The van der Waals surface area contributed by atoms with Crippen LogP contribution >= 0.6 is 0 Å². The molecule has 2 aromatic heterocycles. The van der Waals surface area contributed by atoms with Gasteiger partial charge in [-0.25, -0.2) is 13.1 Å². The SMILES string of the molecule is Cn1ncc(-c2nc(-c3ccc(S(=O)(=O)NCCN4CCCC4)cc3)no2)c1CCc1ccc(C(F)(F)F)cc1. The number of nitrogens with zero attached hydrogens (tertiary/aromatic N) is 5. The number of nitrogens with one attached hydrogen (secondary N) is 1. The maximum Gasteiger partial charge on any atom is 0.416 e. The van der Waals surface area contributed by atoms with Crippen molar-refractivity contribution in [2.24, 2.45) is 7.05 Å². The minimum Gasteiger partial charge on any atom is -0.333 e. The van der Waals surface area contributed by atoms with Gasteiger partial charge in [-0.1, -0.05) is 17.3 Å². The summed E-state index contributed by atoms with van der Waals surface area (Å²) in [5.41, 5.74) is 2.06. The van der Waals surface area contributed by atoms with Crippen LogP contribution in [0.5, 0.6) is 0 Å². The van der Waals surface area contributed by atoms with Gasteiger partial charge in [0.15, 0.2) is 0 Å². The Morgan fingerprint density at radius 3 is 2.38 bits per heavy atom. The predicted octanol–water partition coefficient (Wildman–Crippen LogP) is 4.32. The van der Waals surface area contributed by atoms with Crippen molar-refractivity contribution in [3.05, 3.63) is 71.5 Å². The molecule has 0 radical (unpaired) electrons. The third-order valence-electron chi connectivity index (χ3n) is 6.99. The van der Waals surface area contributed by atoms with Gasteiger partial charge in [-0.3, -0.25) is 4.68 Å². The molecule has 0 atom stereocenters. The van der Waals surface area contributed by atoms with Gasteiger partial charge in [0, 0.05) is 25.7 Å². The van der Waals surface area contributed by atoms with Gasteiger partial charge in [-0.2, -0.15) is 23.3 Å². The number of halogens is 3. The van der Waals surface area contributed by atoms with Gasteiger partial charge in [-0.15, -0.1) is 0 Å². The average Bonchev–Trinajstić information content (AvgIpc) is 3.69. The first-order valence-corrected chi connectivity index (χ1v) is 14.4. The largest absolute Gasteiger partial charge is 0.416 e. The van der Waals surface area contributed by atoms with E-state index in [-0.39, 0.29) is 10.8 Å². The molecule has 0 bridgehead atoms. The van der Waals surface area contributed by atoms with E-state index in [4.69, 9.17) is 4.52 Å². The fourth-order valence-electron chi connectivity index (χ4n) is 4.72. The van der Waals surface area contributed by atoms with Crippen LogP contribution in [0, 0.1) is 0 Å². The lowest BCUT2D eigenvalue weighted by atomic mass is 10.0. The van der Waals surface area contributed by atoms with Gasteiger partial charge >= 0.3 is 6.18 Å². The number of aromatic nitrogens is 4. The maximum absolute atomic E-state index is 12.8. The normalized spacial score (nSPS) is 14.7. The summed E-state index contributed by atoms with van der Waals surface area (Å²) in [4.78, 5) is 6.87. The number of aryl methyl sites for hydroxylation is 2. The molecule has 9 nitrogen and oxygen atoms in total. The number of hydrogen-bond acceptors (Lipinski definition) is 7. The lowest BCUT2D eigenvalue weighted by Gasteiger charge is -2.14. The first kappa shape index (κ1) is 28.0. The van der Waals surface area contributed by atoms with Gasteiger partial charge in [0.2, 0.25) is 15.8 Å². The van der Waals surface area contributed by atoms with Crippen LogP contribution in [0.25, 0.3) is 22.8 Å². The standard InChI is InChI=1S/C27H29F3N6O3S/c1-35-24(13-6-19-4-9-21(10-5-19)27(28,29)30)23(18-31-35)26-33-25(34-39-26)20-7-11-22(12-8-20)40(37,38)32-14-17-36-15-2-3-16-36/h4-5,7-12,18,32H,2-3,6,13-17H2,1H3. The van der Waals surface area contributed by atoms with Crippen LogP contribution in [0.1, 0.15) is 29.7 Å². The quantitative estimate of drug-likeness (QED) is 0.301. The Morgan fingerprint density at radius 2 is 1.70 bits per heavy atom. The van der Waals surface area contributed by atoms with Crippen molar-refractivity contribution >= 4 is 10.0 Å². The molecule has 212 valence electrons. The summed E-state index contributed by atoms with van der Waals surface area (Å²) in [7, 11) is -1.87. The first-order chi connectivity index (χ1) is 19.1. The zero-order valence-electron chi connectivity index (χ0n) is 21.9. The molecule has 13 heteroatoms. The van der Waals surface area contributed by atoms with E-state index in [1.165, 1.54) is 24.3 Å². The third kappa shape index (κ3) is 6.43. The topological polar surface area (TPSA) is 106 Å². The monoisotopic (exact) mass is 574 g/mol. The van der Waals surface area contributed by atoms with Crippen LogP contribution in [0.2, 0.25) is 0 Å². The summed E-state index contributed by atoms with van der Waals surface area (Å²) in [5.74, 6) is 0.532. The van der Waals surface area contributed by atoms with Crippen molar-refractivity contribution in [1.29, 1.82) is 0 Å². The smallest absolute Gasteiger partial charge is 0.333 e. The minimum atomic E-state index is -4.37. The number of sulfonamides is 1. The molecule has 3 heterocycles. The highest BCUT2D eigenvalue weighted by molar-refractivity contribution is 7.89. The molecule has 5 rings (SSSR count). The van der Waals surface area contributed by atoms with Crippen molar-refractivity contribution in [3.8, 4) is 22.8 Å². The van der Waals surface area contributed by atoms with Crippen LogP contribution in [0.3, 0.4) is 0 Å². The van der Waals surface area contributed by atoms with E-state index < -0.39 is 21.8 Å². The Morgan fingerprint density at radius 1 is 1.00 bits per heavy atom. The molecule has 40 heavy (non-hydrogen) atoms. The van der Waals surface area contributed by atoms with Crippen LogP contribution in [-0.4, -0.2) is 59.4 Å². The summed E-state index contributed by atoms with van der Waals surface area (Å²) < 4.78 is 73.7. The Kier molecular flexibility index (Phi) is 8.06. The van der Waals surface area contributed by atoms with Crippen molar-refractivity contribution < 1.29 is 26.1 Å². The number of hydrogen-bond donors (Lipinski definition) is 1. The van der Waals surface area contributed by atoms with E-state index in [9.17, 15) is 21.6 Å². The second-order valence-corrected chi connectivity index (χ2v) is 11.5. The fourth-order valence-corrected chi connectivity index (χ4v) is 5.74. The Labute approximate surface area is 230 Å². The van der Waals surface area contributed by atoms with Crippen LogP contribution in [-0.2, 0) is 36.1 Å². The molecule has 0 aliphatic carbocycles. The molecular weight excluding hydrogens is 545 g/mol. The van der Waals surface area contributed by atoms with E-state index in [0.29, 0.717) is 42.9 Å². The van der Waals surface area contributed by atoms with Gasteiger partial charge in [0.25, 0.3) is 5.89 Å².